The molecule has 2 aliphatic rings. The van der Waals surface area contributed by atoms with Crippen LogP contribution in [0.5, 0.6) is 0 Å². The van der Waals surface area contributed by atoms with Gasteiger partial charge in [0.2, 0.25) is 11.8 Å². The third-order valence-electron chi connectivity index (χ3n) is 4.23. The van der Waals surface area contributed by atoms with Crippen LogP contribution in [0.3, 0.4) is 0 Å². The summed E-state index contributed by atoms with van der Waals surface area (Å²) >= 11 is 7.07. The minimum absolute atomic E-state index is 0.0682. The smallest absolute Gasteiger partial charge is 0.269 e. The molecular weight excluding hydrogens is 420 g/mol. The number of carbonyl (C=O) groups is 2. The molecule has 22 heavy (non-hydrogen) atoms. The Morgan fingerprint density at radius 3 is 1.86 bits per heavy atom. The van der Waals surface area contributed by atoms with Crippen molar-refractivity contribution in [1.29, 1.82) is 0 Å². The van der Waals surface area contributed by atoms with Gasteiger partial charge in [0.15, 0.2) is 0 Å². The molecule has 8 heteroatoms. The molecule has 0 bridgehead atoms. The van der Waals surface area contributed by atoms with E-state index < -0.39 is 4.92 Å². The van der Waals surface area contributed by atoms with E-state index in [1.165, 1.54) is 29.2 Å². The number of nitrogens with zero attached hydrogens (tertiary/aromatic N) is 2. The van der Waals surface area contributed by atoms with Crippen LogP contribution in [-0.4, -0.2) is 26.4 Å². The molecule has 6 nitrogen and oxygen atoms in total. The standard InChI is InChI=1S/C14H12Br2N2O4/c15-11-5-9-10(6-12(11)16)14(20)17(13(9)19)7-1-3-8(4-2-7)18(21)22/h1-4,9-12H,5-6H2/t9-,10-,11-,12+/m0/s1. The molecule has 1 aromatic rings. The summed E-state index contributed by atoms with van der Waals surface area (Å²) in [6.45, 7) is 0. The van der Waals surface area contributed by atoms with Crippen molar-refractivity contribution in [2.45, 2.75) is 22.5 Å². The lowest BCUT2D eigenvalue weighted by molar-refractivity contribution is -0.384. The molecule has 2 amide bonds. The monoisotopic (exact) mass is 430 g/mol. The van der Waals surface area contributed by atoms with E-state index in [0.717, 1.165) is 0 Å². The lowest BCUT2D eigenvalue weighted by atomic mass is 9.81. The zero-order chi connectivity index (χ0) is 16.0. The van der Waals surface area contributed by atoms with Crippen molar-refractivity contribution in [1.82, 2.24) is 0 Å². The zero-order valence-corrected chi connectivity index (χ0v) is 14.5. The molecule has 0 spiro atoms. The first kappa shape index (κ1) is 15.6. The SMILES string of the molecule is O=C1[C@H]2C[C@@H](Br)[C@@H](Br)C[C@@H]2C(=O)N1c1ccc([N+](=O)[O-])cc1. The number of hydrogen-bond donors (Lipinski definition) is 0. The van der Waals surface area contributed by atoms with Crippen molar-refractivity contribution >= 4 is 55.0 Å². The van der Waals surface area contributed by atoms with Gasteiger partial charge in [-0.2, -0.15) is 0 Å². The Kier molecular flexibility index (Phi) is 4.07. The van der Waals surface area contributed by atoms with Crippen LogP contribution < -0.4 is 4.90 Å². The van der Waals surface area contributed by atoms with Crippen LogP contribution >= 0.6 is 31.9 Å². The molecule has 2 fully saturated rings. The van der Waals surface area contributed by atoms with Crippen molar-refractivity contribution in [3.63, 3.8) is 0 Å². The highest BCUT2D eigenvalue weighted by Crippen LogP contribution is 2.44. The molecule has 0 aromatic heterocycles. The molecule has 0 unspecified atom stereocenters. The van der Waals surface area contributed by atoms with Gasteiger partial charge in [0.1, 0.15) is 0 Å². The van der Waals surface area contributed by atoms with Gasteiger partial charge < -0.3 is 0 Å². The highest BCUT2D eigenvalue weighted by Gasteiger charge is 2.52. The predicted molar refractivity (Wildman–Crippen MR) is 87.2 cm³/mol. The molecule has 1 saturated heterocycles. The van der Waals surface area contributed by atoms with Gasteiger partial charge in [-0.1, -0.05) is 31.9 Å². The van der Waals surface area contributed by atoms with Crippen LogP contribution in [0, 0.1) is 22.0 Å². The van der Waals surface area contributed by atoms with E-state index in [1.54, 1.807) is 0 Å². The summed E-state index contributed by atoms with van der Waals surface area (Å²) in [7, 11) is 0. The first-order valence-corrected chi connectivity index (χ1v) is 8.63. The quantitative estimate of drug-likeness (QED) is 0.312. The third kappa shape index (κ3) is 2.48. The van der Waals surface area contributed by atoms with Crippen molar-refractivity contribution < 1.29 is 14.5 Å². The largest absolute Gasteiger partial charge is 0.274 e. The fourth-order valence-corrected chi connectivity index (χ4v) is 4.31. The molecule has 1 aliphatic heterocycles. The Bertz CT molecular complexity index is 621. The summed E-state index contributed by atoms with van der Waals surface area (Å²) in [6.07, 6.45) is 1.21. The van der Waals surface area contributed by atoms with E-state index in [9.17, 15) is 19.7 Å². The Balaban J connectivity index is 1.90. The Morgan fingerprint density at radius 2 is 1.45 bits per heavy atom. The molecule has 0 N–H and O–H groups in total. The number of rotatable bonds is 2. The molecule has 1 heterocycles. The Morgan fingerprint density at radius 1 is 1.00 bits per heavy atom. The molecule has 1 saturated carbocycles. The van der Waals surface area contributed by atoms with Crippen LogP contribution in [0.25, 0.3) is 0 Å². The summed E-state index contributed by atoms with van der Waals surface area (Å²) in [4.78, 5) is 36.8. The number of carbonyl (C=O) groups excluding carboxylic acids is 2. The number of anilines is 1. The van der Waals surface area contributed by atoms with Gasteiger partial charge in [-0.25, -0.2) is 0 Å². The maximum absolute atomic E-state index is 12.6. The lowest BCUT2D eigenvalue weighted by Gasteiger charge is -2.29. The summed E-state index contributed by atoms with van der Waals surface area (Å²) in [5.41, 5.74) is 0.327. The minimum Gasteiger partial charge on any atom is -0.274 e. The lowest BCUT2D eigenvalue weighted by Crippen LogP contribution is -2.34. The van der Waals surface area contributed by atoms with Crippen molar-refractivity contribution in [3.8, 4) is 0 Å². The second-order valence-corrected chi connectivity index (χ2v) is 7.85. The van der Waals surface area contributed by atoms with E-state index >= 15 is 0 Å². The van der Waals surface area contributed by atoms with Gasteiger partial charge in [-0.05, 0) is 25.0 Å². The van der Waals surface area contributed by atoms with Crippen molar-refractivity contribution in [2.24, 2.45) is 11.8 Å². The van der Waals surface area contributed by atoms with Gasteiger partial charge >= 0.3 is 0 Å². The predicted octanol–water partition coefficient (Wildman–Crippen LogP) is 3.02. The Hall–Kier alpha value is -1.28. The van der Waals surface area contributed by atoms with E-state index in [4.69, 9.17) is 0 Å². The fraction of sp³-hybridized carbons (Fsp3) is 0.429. The Labute approximate surface area is 143 Å². The zero-order valence-electron chi connectivity index (χ0n) is 11.3. The number of non-ortho nitro benzene ring substituents is 1. The van der Waals surface area contributed by atoms with Gasteiger partial charge in [-0.15, -0.1) is 0 Å². The number of nitro groups is 1. The van der Waals surface area contributed by atoms with E-state index in [2.05, 4.69) is 31.9 Å². The number of fused-ring (bicyclic) bond motifs is 1. The molecule has 1 aliphatic carbocycles. The van der Waals surface area contributed by atoms with Crippen molar-refractivity contribution in [3.05, 3.63) is 34.4 Å². The normalized spacial score (nSPS) is 31.3. The number of alkyl halides is 2. The number of hydrogen-bond acceptors (Lipinski definition) is 4. The van der Waals surface area contributed by atoms with Crippen molar-refractivity contribution in [2.75, 3.05) is 4.90 Å². The number of halogens is 2. The molecule has 3 rings (SSSR count). The fourth-order valence-electron chi connectivity index (χ4n) is 3.07. The minimum atomic E-state index is -0.512. The topological polar surface area (TPSA) is 80.5 Å². The number of nitro benzene ring substituents is 1. The highest BCUT2D eigenvalue weighted by atomic mass is 79.9. The second kappa shape index (κ2) is 5.73. The average Bonchev–Trinajstić information content (AvgIpc) is 2.72. The number of imide groups is 1. The summed E-state index contributed by atoms with van der Waals surface area (Å²) < 4.78 is 0. The van der Waals surface area contributed by atoms with Crippen LogP contribution in [0.1, 0.15) is 12.8 Å². The van der Waals surface area contributed by atoms with E-state index in [0.29, 0.717) is 18.5 Å². The number of benzene rings is 1. The molecule has 4 atom stereocenters. The van der Waals surface area contributed by atoms with E-state index in [-0.39, 0.29) is 39.0 Å². The second-order valence-electron chi connectivity index (χ2n) is 5.50. The van der Waals surface area contributed by atoms with Crippen LogP contribution in [-0.2, 0) is 9.59 Å². The van der Waals surface area contributed by atoms with Crippen LogP contribution in [0.15, 0.2) is 24.3 Å². The third-order valence-corrected chi connectivity index (χ3v) is 6.96. The van der Waals surface area contributed by atoms with Gasteiger partial charge in [0.25, 0.3) is 5.69 Å². The van der Waals surface area contributed by atoms with Gasteiger partial charge in [-0.3, -0.25) is 24.6 Å². The molecule has 0 radical (unpaired) electrons. The molecular formula is C14H12Br2N2O4. The first-order chi connectivity index (χ1) is 10.4. The number of amides is 2. The van der Waals surface area contributed by atoms with Crippen LogP contribution in [0.2, 0.25) is 0 Å². The average molecular weight is 432 g/mol. The summed E-state index contributed by atoms with van der Waals surface area (Å²) in [5.74, 6) is -1.07. The summed E-state index contributed by atoms with van der Waals surface area (Å²) in [5, 5.41) is 10.7. The van der Waals surface area contributed by atoms with E-state index in [1.807, 2.05) is 0 Å². The first-order valence-electron chi connectivity index (χ1n) is 6.80. The summed E-state index contributed by atoms with van der Waals surface area (Å²) in [6, 6.07) is 5.50. The highest BCUT2D eigenvalue weighted by molar-refractivity contribution is 9.12. The van der Waals surface area contributed by atoms with Gasteiger partial charge in [0, 0.05) is 21.8 Å². The maximum Gasteiger partial charge on any atom is 0.269 e. The van der Waals surface area contributed by atoms with Gasteiger partial charge in [0.05, 0.1) is 22.4 Å². The van der Waals surface area contributed by atoms with Crippen LogP contribution in [0.4, 0.5) is 11.4 Å². The molecule has 1 aromatic carbocycles. The molecule has 116 valence electrons. The maximum atomic E-state index is 12.6.